The van der Waals surface area contributed by atoms with Gasteiger partial charge in [-0.15, -0.1) is 0 Å². The fourth-order valence-electron chi connectivity index (χ4n) is 6.31. The number of hydrogen-bond donors (Lipinski definition) is 3. The topological polar surface area (TPSA) is 104 Å². The van der Waals surface area contributed by atoms with Crippen molar-refractivity contribution in [2.75, 3.05) is 5.75 Å². The summed E-state index contributed by atoms with van der Waals surface area (Å²) in [7, 11) is -4.31. The number of aliphatic hydroxyl groups excluding tert-OH is 1. The quantitative estimate of drug-likeness (QED) is 0.0340. The lowest BCUT2D eigenvalue weighted by Gasteiger charge is -2.23. The average molecular weight is 698 g/mol. The maximum absolute atomic E-state index is 12.5. The van der Waals surface area contributed by atoms with Crippen LogP contribution in [0.4, 0.5) is 0 Å². The highest BCUT2D eigenvalue weighted by Crippen LogP contribution is 2.16. The summed E-state index contributed by atoms with van der Waals surface area (Å²) in [5.74, 6) is -0.902. The Labute approximate surface area is 298 Å². The van der Waals surface area contributed by atoms with Crippen LogP contribution in [0.1, 0.15) is 213 Å². The number of carbonyl (C=O) groups excluding carboxylic acids is 1. The fraction of sp³-hybridized carbons (Fsp3) is 0.878. The van der Waals surface area contributed by atoms with Crippen LogP contribution in [0.5, 0.6) is 0 Å². The van der Waals surface area contributed by atoms with Gasteiger partial charge in [0.05, 0.1) is 17.9 Å². The van der Waals surface area contributed by atoms with Crippen molar-refractivity contribution >= 4 is 16.0 Å². The molecule has 7 heteroatoms. The molecule has 0 aliphatic heterocycles. The number of hydrogen-bond acceptors (Lipinski definition) is 4. The first-order valence-electron chi connectivity index (χ1n) is 20.5. The number of aliphatic hydroxyl groups is 1. The molecule has 0 saturated carbocycles. The molecular formula is C41H79NO5S. The van der Waals surface area contributed by atoms with E-state index in [-0.39, 0.29) is 5.91 Å². The maximum atomic E-state index is 12.5. The molecule has 0 aromatic carbocycles. The highest BCUT2D eigenvalue weighted by molar-refractivity contribution is 7.85. The number of carbonyl (C=O) groups is 1. The van der Waals surface area contributed by atoms with E-state index in [0.717, 1.165) is 57.8 Å². The van der Waals surface area contributed by atoms with Crippen LogP contribution in [-0.4, -0.2) is 41.9 Å². The second-order valence-electron chi connectivity index (χ2n) is 14.3. The lowest BCUT2D eigenvalue weighted by atomic mass is 10.0. The van der Waals surface area contributed by atoms with Gasteiger partial charge in [-0.25, -0.2) is 0 Å². The molecule has 0 aromatic rings. The van der Waals surface area contributed by atoms with Gasteiger partial charge in [-0.2, -0.15) is 8.42 Å². The van der Waals surface area contributed by atoms with Gasteiger partial charge in [-0.3, -0.25) is 9.35 Å². The van der Waals surface area contributed by atoms with Crippen molar-refractivity contribution < 1.29 is 22.9 Å². The zero-order valence-corrected chi connectivity index (χ0v) is 32.4. The highest BCUT2D eigenvalue weighted by atomic mass is 32.2. The Kier molecular flexibility index (Phi) is 34.8. The fourth-order valence-corrected chi connectivity index (χ4v) is 7.07. The number of amides is 1. The maximum Gasteiger partial charge on any atom is 0.266 e. The van der Waals surface area contributed by atoms with Crippen LogP contribution < -0.4 is 5.32 Å². The van der Waals surface area contributed by atoms with E-state index in [0.29, 0.717) is 12.8 Å². The molecule has 0 rings (SSSR count). The van der Waals surface area contributed by atoms with Crippen molar-refractivity contribution in [1.82, 2.24) is 5.32 Å². The van der Waals surface area contributed by atoms with Gasteiger partial charge < -0.3 is 10.4 Å². The molecule has 284 valence electrons. The standard InChI is InChI=1S/C41H79NO5S/c1-3-5-7-9-11-13-15-17-19-20-21-23-25-27-29-31-33-35-37-41(44)42-39(38-48(45,46)47)40(43)36-34-32-30-28-26-24-22-18-16-14-12-10-8-6-4-2/h13,15,19-20,39-40,43H,3-12,14,16-18,21-38H2,1-2H3,(H,42,44)(H,45,46,47)/b15-13-,20-19-. The van der Waals surface area contributed by atoms with E-state index in [1.165, 1.54) is 128 Å². The number of rotatable bonds is 37. The molecule has 0 fully saturated rings. The predicted molar refractivity (Wildman–Crippen MR) is 207 cm³/mol. The zero-order valence-electron chi connectivity index (χ0n) is 31.6. The zero-order chi connectivity index (χ0) is 35.4. The number of nitrogens with one attached hydrogen (secondary N) is 1. The van der Waals surface area contributed by atoms with Crippen molar-refractivity contribution in [1.29, 1.82) is 0 Å². The van der Waals surface area contributed by atoms with Gasteiger partial charge in [0.15, 0.2) is 0 Å². The van der Waals surface area contributed by atoms with Gasteiger partial charge in [0.1, 0.15) is 0 Å². The second-order valence-corrected chi connectivity index (χ2v) is 15.8. The van der Waals surface area contributed by atoms with E-state index in [1.807, 2.05) is 0 Å². The van der Waals surface area contributed by atoms with Crippen LogP contribution >= 0.6 is 0 Å². The van der Waals surface area contributed by atoms with Crippen LogP contribution in [0.25, 0.3) is 0 Å². The molecule has 0 saturated heterocycles. The monoisotopic (exact) mass is 698 g/mol. The second kappa shape index (κ2) is 35.6. The molecule has 2 unspecified atom stereocenters. The third-order valence-electron chi connectivity index (χ3n) is 9.41. The predicted octanol–water partition coefficient (Wildman–Crippen LogP) is 12.0. The first-order valence-corrected chi connectivity index (χ1v) is 22.1. The van der Waals surface area contributed by atoms with Crippen molar-refractivity contribution in [3.63, 3.8) is 0 Å². The van der Waals surface area contributed by atoms with Gasteiger partial charge in [0.2, 0.25) is 5.91 Å². The summed E-state index contributed by atoms with van der Waals surface area (Å²) in [6.07, 6.45) is 44.0. The van der Waals surface area contributed by atoms with Gasteiger partial charge in [-0.1, -0.05) is 186 Å². The van der Waals surface area contributed by atoms with Crippen molar-refractivity contribution in [2.45, 2.75) is 225 Å². The Morgan fingerprint density at radius 3 is 1.38 bits per heavy atom. The van der Waals surface area contributed by atoms with E-state index in [4.69, 9.17) is 0 Å². The third kappa shape index (κ3) is 36.1. The number of allylic oxidation sites excluding steroid dienone is 4. The van der Waals surface area contributed by atoms with Gasteiger partial charge in [-0.05, 0) is 44.9 Å². The Hall–Kier alpha value is -1.18. The molecule has 0 heterocycles. The lowest BCUT2D eigenvalue weighted by Crippen LogP contribution is -2.47. The van der Waals surface area contributed by atoms with Crippen LogP contribution in [0, 0.1) is 0 Å². The molecule has 48 heavy (non-hydrogen) atoms. The lowest BCUT2D eigenvalue weighted by molar-refractivity contribution is -0.122. The van der Waals surface area contributed by atoms with Crippen LogP contribution in [0.3, 0.4) is 0 Å². The van der Waals surface area contributed by atoms with Crippen molar-refractivity contribution in [2.24, 2.45) is 0 Å². The molecule has 0 radical (unpaired) electrons. The Morgan fingerprint density at radius 2 is 0.938 bits per heavy atom. The summed E-state index contributed by atoms with van der Waals surface area (Å²) in [5, 5.41) is 13.3. The first kappa shape index (κ1) is 46.8. The minimum Gasteiger partial charge on any atom is -0.391 e. The van der Waals surface area contributed by atoms with E-state index >= 15 is 0 Å². The summed E-state index contributed by atoms with van der Waals surface area (Å²) in [6.45, 7) is 4.51. The van der Waals surface area contributed by atoms with E-state index in [9.17, 15) is 22.9 Å². The molecule has 0 aliphatic rings. The summed E-state index contributed by atoms with van der Waals surface area (Å²) in [5.41, 5.74) is 0. The molecule has 1 amide bonds. The molecule has 0 spiro atoms. The minimum absolute atomic E-state index is 0.252. The molecule has 2 atom stereocenters. The molecule has 3 N–H and O–H groups in total. The summed E-state index contributed by atoms with van der Waals surface area (Å²) in [4.78, 5) is 12.5. The van der Waals surface area contributed by atoms with Gasteiger partial charge in [0, 0.05) is 6.42 Å². The smallest absolute Gasteiger partial charge is 0.266 e. The van der Waals surface area contributed by atoms with E-state index < -0.39 is 28.0 Å². The summed E-state index contributed by atoms with van der Waals surface area (Å²) < 4.78 is 32.5. The summed E-state index contributed by atoms with van der Waals surface area (Å²) in [6, 6.07) is -0.972. The first-order chi connectivity index (χ1) is 23.3. The highest BCUT2D eigenvalue weighted by Gasteiger charge is 2.26. The SMILES string of the molecule is CCCCCC/C=C\C/C=C\CCCCCCCCCC(=O)NC(CS(=O)(=O)O)C(O)CCCCCCCCCCCCCCCCC. The average Bonchev–Trinajstić information content (AvgIpc) is 3.05. The van der Waals surface area contributed by atoms with Crippen LogP contribution in [-0.2, 0) is 14.9 Å². The van der Waals surface area contributed by atoms with Gasteiger partial charge in [0.25, 0.3) is 10.1 Å². The molecule has 0 bridgehead atoms. The Bertz CT molecular complexity index is 857. The molecular weight excluding hydrogens is 619 g/mol. The number of unbranched alkanes of at least 4 members (excludes halogenated alkanes) is 25. The Morgan fingerprint density at radius 1 is 0.562 bits per heavy atom. The molecule has 0 aromatic heterocycles. The van der Waals surface area contributed by atoms with Crippen molar-refractivity contribution in [3.05, 3.63) is 24.3 Å². The summed E-state index contributed by atoms with van der Waals surface area (Å²) >= 11 is 0. The third-order valence-corrected chi connectivity index (χ3v) is 10.2. The normalized spacial score (nSPS) is 13.5. The molecule has 0 aliphatic carbocycles. The molecule has 6 nitrogen and oxygen atoms in total. The Balaban J connectivity index is 3.87. The van der Waals surface area contributed by atoms with E-state index in [2.05, 4.69) is 43.5 Å². The van der Waals surface area contributed by atoms with Crippen LogP contribution in [0.15, 0.2) is 24.3 Å². The van der Waals surface area contributed by atoms with Crippen LogP contribution in [0.2, 0.25) is 0 Å². The van der Waals surface area contributed by atoms with Crippen molar-refractivity contribution in [3.8, 4) is 0 Å². The van der Waals surface area contributed by atoms with Gasteiger partial charge >= 0.3 is 0 Å². The largest absolute Gasteiger partial charge is 0.391 e. The minimum atomic E-state index is -4.31. The van der Waals surface area contributed by atoms with E-state index in [1.54, 1.807) is 0 Å².